The number of aromatic nitrogens is 1. The number of nitrogens with zero attached hydrogens (tertiary/aromatic N) is 2. The van der Waals surface area contributed by atoms with Crippen molar-refractivity contribution in [3.05, 3.63) is 84.2 Å². The summed E-state index contributed by atoms with van der Waals surface area (Å²) in [7, 11) is 3.36. The molecule has 0 bridgehead atoms. The van der Waals surface area contributed by atoms with Crippen molar-refractivity contribution < 1.29 is 14.3 Å². The van der Waals surface area contributed by atoms with E-state index in [4.69, 9.17) is 9.47 Å². The molecule has 0 radical (unpaired) electrons. The summed E-state index contributed by atoms with van der Waals surface area (Å²) in [5.74, 6) is 1.51. The molecule has 1 saturated heterocycles. The summed E-state index contributed by atoms with van der Waals surface area (Å²) in [5, 5.41) is 3.23. The number of urea groups is 1. The van der Waals surface area contributed by atoms with Crippen LogP contribution in [0.4, 0.5) is 4.79 Å². The highest BCUT2D eigenvalue weighted by atomic mass is 32.2. The Labute approximate surface area is 223 Å². The fourth-order valence-electron chi connectivity index (χ4n) is 5.99. The van der Waals surface area contributed by atoms with Crippen LogP contribution in [-0.4, -0.2) is 48.8 Å². The fraction of sp³-hybridized carbons (Fsp3) is 0.379. The molecule has 2 amide bonds. The van der Waals surface area contributed by atoms with Crippen molar-refractivity contribution in [1.29, 1.82) is 0 Å². The number of carbonyl (C=O) groups is 1. The van der Waals surface area contributed by atoms with Crippen LogP contribution in [0.2, 0.25) is 0 Å². The zero-order valence-corrected chi connectivity index (χ0v) is 22.2. The number of hydrogen-bond acceptors (Lipinski definition) is 6. The van der Waals surface area contributed by atoms with Gasteiger partial charge in [-0.25, -0.2) is 4.79 Å². The van der Waals surface area contributed by atoms with Gasteiger partial charge in [0.05, 0.1) is 14.2 Å². The van der Waals surface area contributed by atoms with Gasteiger partial charge < -0.3 is 14.8 Å². The zero-order valence-electron chi connectivity index (χ0n) is 21.4. The van der Waals surface area contributed by atoms with Gasteiger partial charge in [0, 0.05) is 41.3 Å². The van der Waals surface area contributed by atoms with Crippen LogP contribution in [0.5, 0.6) is 11.5 Å². The van der Waals surface area contributed by atoms with E-state index < -0.39 is 0 Å². The molecule has 8 heteroatoms. The average molecular weight is 519 g/mol. The van der Waals surface area contributed by atoms with Crippen molar-refractivity contribution >= 4 is 18.0 Å². The molecule has 2 N–H and O–H groups in total. The number of pyridine rings is 1. The summed E-state index contributed by atoms with van der Waals surface area (Å²) >= 11 is 1.28. The number of methoxy groups -OCH3 is 2. The first-order valence-electron chi connectivity index (χ1n) is 12.7. The fourth-order valence-corrected chi connectivity index (χ4v) is 6.52. The number of benzene rings is 2. The molecule has 1 aliphatic heterocycles. The predicted molar refractivity (Wildman–Crippen MR) is 146 cm³/mol. The third-order valence-corrected chi connectivity index (χ3v) is 8.55. The van der Waals surface area contributed by atoms with Gasteiger partial charge >= 0.3 is 6.03 Å². The molecule has 5 rings (SSSR count). The van der Waals surface area contributed by atoms with Crippen LogP contribution in [0.15, 0.2) is 78.0 Å². The van der Waals surface area contributed by atoms with Gasteiger partial charge in [-0.2, -0.15) is 0 Å². The lowest BCUT2D eigenvalue weighted by molar-refractivity contribution is 0.130. The number of hydrogen-bond donors (Lipinski definition) is 2. The summed E-state index contributed by atoms with van der Waals surface area (Å²) < 4.78 is 14.1. The molecular weight excluding hydrogens is 484 g/mol. The van der Waals surface area contributed by atoms with Crippen molar-refractivity contribution in [1.82, 2.24) is 19.9 Å². The summed E-state index contributed by atoms with van der Waals surface area (Å²) in [6, 6.07) is 21.0. The Morgan fingerprint density at radius 3 is 2.68 bits per heavy atom. The van der Waals surface area contributed by atoms with Crippen molar-refractivity contribution in [2.24, 2.45) is 0 Å². The molecule has 1 saturated carbocycles. The minimum absolute atomic E-state index is 0.00739. The van der Waals surface area contributed by atoms with Crippen LogP contribution in [0.1, 0.15) is 36.8 Å². The molecule has 0 spiro atoms. The lowest BCUT2D eigenvalue weighted by Crippen LogP contribution is -2.53. The second kappa shape index (κ2) is 11.4. The first-order chi connectivity index (χ1) is 18.1. The number of fused-ring (bicyclic) bond motifs is 1. The Morgan fingerprint density at radius 2 is 1.92 bits per heavy atom. The standard InChI is InChI=1S/C29H34N4O3S/c1-35-25-11-10-22(17-26(25)36-2)29-13-12-23(31-28(34)32-37-24-9-6-15-30-19-24)18-27(29)33(16-14-29)20-21-7-4-3-5-8-21/h3-11,15,17,19,23,27H,12-14,16,18,20H2,1-2H3,(H2,31,32,34). The number of amides is 2. The SMILES string of the molecule is COc1ccc(C23CCC(NC(=O)NSc4cccnc4)CC2N(Cc2ccccc2)CC3)cc1OC. The lowest BCUT2D eigenvalue weighted by Gasteiger charge is -2.45. The summed E-state index contributed by atoms with van der Waals surface area (Å²) in [5.41, 5.74) is 2.61. The van der Waals surface area contributed by atoms with Crippen molar-refractivity contribution in [2.45, 2.75) is 54.6 Å². The van der Waals surface area contributed by atoms with E-state index in [0.717, 1.165) is 55.2 Å². The average Bonchev–Trinajstić information content (AvgIpc) is 3.31. The highest BCUT2D eigenvalue weighted by Crippen LogP contribution is 2.50. The van der Waals surface area contributed by atoms with Gasteiger partial charge in [-0.05, 0) is 79.6 Å². The maximum Gasteiger partial charge on any atom is 0.325 e. The number of carbonyl (C=O) groups excluding carboxylic acids is 1. The van der Waals surface area contributed by atoms with Gasteiger partial charge in [0.15, 0.2) is 11.5 Å². The second-order valence-electron chi connectivity index (χ2n) is 9.79. The van der Waals surface area contributed by atoms with E-state index in [2.05, 4.69) is 62.4 Å². The third-order valence-electron chi connectivity index (χ3n) is 7.79. The van der Waals surface area contributed by atoms with Crippen molar-refractivity contribution in [2.75, 3.05) is 20.8 Å². The van der Waals surface area contributed by atoms with E-state index in [1.807, 2.05) is 18.2 Å². The van der Waals surface area contributed by atoms with Crippen LogP contribution in [0.25, 0.3) is 0 Å². The third kappa shape index (κ3) is 5.55. The molecule has 2 aliphatic rings. The molecule has 2 heterocycles. The molecule has 1 aromatic heterocycles. The van der Waals surface area contributed by atoms with E-state index in [-0.39, 0.29) is 17.5 Å². The maximum atomic E-state index is 12.7. The quantitative estimate of drug-likeness (QED) is 0.401. The minimum atomic E-state index is -0.162. The summed E-state index contributed by atoms with van der Waals surface area (Å²) in [6.45, 7) is 1.92. The minimum Gasteiger partial charge on any atom is -0.493 e. The molecule has 194 valence electrons. The monoisotopic (exact) mass is 518 g/mol. The first-order valence-corrected chi connectivity index (χ1v) is 13.6. The number of ether oxygens (including phenoxy) is 2. The van der Waals surface area contributed by atoms with E-state index in [1.54, 1.807) is 26.6 Å². The number of rotatable bonds is 8. The maximum absolute atomic E-state index is 12.7. The van der Waals surface area contributed by atoms with Crippen LogP contribution < -0.4 is 19.5 Å². The van der Waals surface area contributed by atoms with E-state index in [1.165, 1.54) is 23.1 Å². The zero-order chi connectivity index (χ0) is 25.7. The first kappa shape index (κ1) is 25.4. The Hall–Kier alpha value is -3.23. The lowest BCUT2D eigenvalue weighted by atomic mass is 9.65. The van der Waals surface area contributed by atoms with Crippen molar-refractivity contribution in [3.63, 3.8) is 0 Å². The number of likely N-dealkylation sites (tertiary alicyclic amines) is 1. The Morgan fingerprint density at radius 1 is 1.08 bits per heavy atom. The molecule has 37 heavy (non-hydrogen) atoms. The predicted octanol–water partition coefficient (Wildman–Crippen LogP) is 5.17. The van der Waals surface area contributed by atoms with Crippen LogP contribution in [0, 0.1) is 0 Å². The van der Waals surface area contributed by atoms with Gasteiger partial charge in [0.25, 0.3) is 0 Å². The molecule has 3 atom stereocenters. The molecule has 3 unspecified atom stereocenters. The van der Waals surface area contributed by atoms with Gasteiger partial charge in [0.1, 0.15) is 0 Å². The topological polar surface area (TPSA) is 75.7 Å². The second-order valence-corrected chi connectivity index (χ2v) is 10.7. The summed E-state index contributed by atoms with van der Waals surface area (Å²) in [4.78, 5) is 20.3. The largest absolute Gasteiger partial charge is 0.493 e. The highest BCUT2D eigenvalue weighted by molar-refractivity contribution is 7.98. The Balaban J connectivity index is 1.35. The van der Waals surface area contributed by atoms with Gasteiger partial charge in [0.2, 0.25) is 0 Å². The van der Waals surface area contributed by atoms with Gasteiger partial charge in [-0.1, -0.05) is 36.4 Å². The van der Waals surface area contributed by atoms with E-state index in [9.17, 15) is 4.79 Å². The number of nitrogens with one attached hydrogen (secondary N) is 2. The molecule has 7 nitrogen and oxygen atoms in total. The molecular formula is C29H34N4O3S. The van der Waals surface area contributed by atoms with Gasteiger partial charge in [-0.15, -0.1) is 0 Å². The molecule has 2 aromatic carbocycles. The van der Waals surface area contributed by atoms with E-state index in [0.29, 0.717) is 6.04 Å². The Bertz CT molecular complexity index is 1200. The molecule has 1 aliphatic carbocycles. The van der Waals surface area contributed by atoms with E-state index >= 15 is 0 Å². The summed E-state index contributed by atoms with van der Waals surface area (Å²) in [6.07, 6.45) is 7.36. The highest BCUT2D eigenvalue weighted by Gasteiger charge is 2.51. The van der Waals surface area contributed by atoms with Crippen molar-refractivity contribution in [3.8, 4) is 11.5 Å². The van der Waals surface area contributed by atoms with Crippen LogP contribution in [0.3, 0.4) is 0 Å². The molecule has 2 fully saturated rings. The smallest absolute Gasteiger partial charge is 0.325 e. The van der Waals surface area contributed by atoms with Crippen LogP contribution >= 0.6 is 11.9 Å². The molecule has 3 aromatic rings. The van der Waals surface area contributed by atoms with Crippen LogP contribution in [-0.2, 0) is 12.0 Å². The Kier molecular flexibility index (Phi) is 7.86. The van der Waals surface area contributed by atoms with Gasteiger partial charge in [-0.3, -0.25) is 14.6 Å². The normalized spacial score (nSPS) is 23.2.